The molecule has 114 valence electrons. The van der Waals surface area contributed by atoms with Crippen LogP contribution in [0.3, 0.4) is 0 Å². The summed E-state index contributed by atoms with van der Waals surface area (Å²) in [6.07, 6.45) is 4.03. The van der Waals surface area contributed by atoms with Crippen LogP contribution in [-0.4, -0.2) is 54.2 Å². The maximum absolute atomic E-state index is 11.0. The summed E-state index contributed by atoms with van der Waals surface area (Å²) < 4.78 is 0. The molecule has 21 heavy (non-hydrogen) atoms. The Morgan fingerprint density at radius 3 is 2.67 bits per heavy atom. The summed E-state index contributed by atoms with van der Waals surface area (Å²) in [5.74, 6) is 1.17. The molecular formula is C15H20ClN3O2. The number of carbonyl (C=O) groups is 1. The second-order valence-electron chi connectivity index (χ2n) is 6.27. The normalized spacial score (nSPS) is 25.6. The highest BCUT2D eigenvalue weighted by Gasteiger charge is 2.43. The number of likely N-dealkylation sites (N-methyl/N-ethyl adjacent to an activating group) is 1. The zero-order valence-corrected chi connectivity index (χ0v) is 13.0. The van der Waals surface area contributed by atoms with Gasteiger partial charge in [-0.3, -0.25) is 0 Å². The van der Waals surface area contributed by atoms with Gasteiger partial charge in [-0.25, -0.2) is 9.78 Å². The number of nitrogens with zero attached hydrogens (tertiary/aromatic N) is 3. The van der Waals surface area contributed by atoms with Crippen LogP contribution in [0.2, 0.25) is 5.02 Å². The van der Waals surface area contributed by atoms with Crippen LogP contribution in [0.25, 0.3) is 0 Å². The summed E-state index contributed by atoms with van der Waals surface area (Å²) in [4.78, 5) is 19.7. The fourth-order valence-electron chi connectivity index (χ4n) is 3.30. The second kappa shape index (κ2) is 5.46. The van der Waals surface area contributed by atoms with Crippen LogP contribution in [0.5, 0.6) is 0 Å². The fraction of sp³-hybridized carbons (Fsp3) is 0.600. The lowest BCUT2D eigenvalue weighted by Gasteiger charge is -2.24. The van der Waals surface area contributed by atoms with Crippen molar-refractivity contribution in [1.29, 1.82) is 0 Å². The van der Waals surface area contributed by atoms with E-state index >= 15 is 0 Å². The van der Waals surface area contributed by atoms with Crippen molar-refractivity contribution in [2.24, 2.45) is 11.8 Å². The molecule has 3 rings (SSSR count). The van der Waals surface area contributed by atoms with Crippen LogP contribution in [0, 0.1) is 11.8 Å². The first-order chi connectivity index (χ1) is 9.97. The molecule has 0 aromatic carbocycles. The molecule has 2 fully saturated rings. The molecule has 0 unspecified atom stereocenters. The van der Waals surface area contributed by atoms with Gasteiger partial charge in [0, 0.05) is 25.3 Å². The molecule has 0 spiro atoms. The van der Waals surface area contributed by atoms with E-state index in [4.69, 9.17) is 16.7 Å². The number of pyridine rings is 1. The van der Waals surface area contributed by atoms with Gasteiger partial charge in [-0.1, -0.05) is 11.6 Å². The predicted molar refractivity (Wildman–Crippen MR) is 82.1 cm³/mol. The summed E-state index contributed by atoms with van der Waals surface area (Å²) in [7, 11) is 4.23. The Kier molecular flexibility index (Phi) is 3.80. The van der Waals surface area contributed by atoms with Crippen molar-refractivity contribution < 1.29 is 9.90 Å². The van der Waals surface area contributed by atoms with Crippen LogP contribution in [0.15, 0.2) is 12.3 Å². The Hall–Kier alpha value is -1.33. The zero-order valence-electron chi connectivity index (χ0n) is 12.3. The van der Waals surface area contributed by atoms with Crippen molar-refractivity contribution in [2.75, 3.05) is 32.1 Å². The average molecular weight is 310 g/mol. The van der Waals surface area contributed by atoms with E-state index in [0.717, 1.165) is 19.0 Å². The van der Waals surface area contributed by atoms with E-state index in [2.05, 4.69) is 28.9 Å². The van der Waals surface area contributed by atoms with Gasteiger partial charge >= 0.3 is 5.97 Å². The van der Waals surface area contributed by atoms with E-state index in [1.54, 1.807) is 0 Å². The van der Waals surface area contributed by atoms with E-state index in [1.165, 1.54) is 25.1 Å². The first kappa shape index (κ1) is 14.6. The van der Waals surface area contributed by atoms with Crippen molar-refractivity contribution >= 4 is 23.4 Å². The summed E-state index contributed by atoms with van der Waals surface area (Å²) in [6, 6.07) is 2.00. The topological polar surface area (TPSA) is 56.7 Å². The summed E-state index contributed by atoms with van der Waals surface area (Å²) in [6.45, 7) is 1.85. The van der Waals surface area contributed by atoms with Gasteiger partial charge in [-0.15, -0.1) is 0 Å². The molecule has 2 heterocycles. The van der Waals surface area contributed by atoms with Crippen molar-refractivity contribution in [2.45, 2.75) is 18.9 Å². The highest BCUT2D eigenvalue weighted by atomic mass is 35.5. The van der Waals surface area contributed by atoms with E-state index in [-0.39, 0.29) is 5.56 Å². The summed E-state index contributed by atoms with van der Waals surface area (Å²) >= 11 is 6.24. The van der Waals surface area contributed by atoms with Crippen molar-refractivity contribution in [3.63, 3.8) is 0 Å². The number of hydrogen-bond donors (Lipinski definition) is 1. The van der Waals surface area contributed by atoms with E-state index in [0.29, 0.717) is 22.8 Å². The minimum Gasteiger partial charge on any atom is -0.478 e. The van der Waals surface area contributed by atoms with Crippen LogP contribution < -0.4 is 4.90 Å². The number of carboxylic acid groups (broad SMARTS) is 1. The largest absolute Gasteiger partial charge is 0.478 e. The quantitative estimate of drug-likeness (QED) is 0.924. The molecule has 2 aliphatic rings. The zero-order chi connectivity index (χ0) is 15.1. The first-order valence-corrected chi connectivity index (χ1v) is 7.65. The summed E-state index contributed by atoms with van der Waals surface area (Å²) in [5, 5.41) is 9.40. The van der Waals surface area contributed by atoms with Crippen molar-refractivity contribution in [3.8, 4) is 0 Å². The molecule has 6 heteroatoms. The number of aromatic nitrogens is 1. The number of rotatable bonds is 4. The number of hydrogen-bond acceptors (Lipinski definition) is 4. The minimum atomic E-state index is -1.00. The third-order valence-corrected chi connectivity index (χ3v) is 4.87. The number of halogens is 1. The first-order valence-electron chi connectivity index (χ1n) is 7.27. The van der Waals surface area contributed by atoms with Gasteiger partial charge in [0.1, 0.15) is 5.82 Å². The molecule has 0 bridgehead atoms. The molecule has 1 N–H and O–H groups in total. The van der Waals surface area contributed by atoms with Crippen LogP contribution in [0.1, 0.15) is 23.2 Å². The lowest BCUT2D eigenvalue weighted by molar-refractivity contribution is 0.0696. The second-order valence-corrected chi connectivity index (χ2v) is 6.68. The van der Waals surface area contributed by atoms with E-state index < -0.39 is 5.97 Å². The third kappa shape index (κ3) is 2.85. The molecule has 1 aliphatic heterocycles. The highest BCUT2D eigenvalue weighted by molar-refractivity contribution is 6.33. The van der Waals surface area contributed by atoms with Crippen molar-refractivity contribution in [1.82, 2.24) is 9.88 Å². The Bertz CT molecular complexity index is 550. The van der Waals surface area contributed by atoms with Gasteiger partial charge in [0.25, 0.3) is 0 Å². The molecule has 1 saturated carbocycles. The molecule has 0 amide bonds. The highest BCUT2D eigenvalue weighted by Crippen LogP contribution is 2.43. The molecule has 1 aromatic rings. The number of carboxylic acids is 1. The number of aromatic carboxylic acids is 1. The molecule has 1 saturated heterocycles. The van der Waals surface area contributed by atoms with Gasteiger partial charge in [0.2, 0.25) is 0 Å². The van der Waals surface area contributed by atoms with Gasteiger partial charge in [-0.05, 0) is 44.8 Å². The number of anilines is 1. The lowest BCUT2D eigenvalue weighted by atomic mass is 9.97. The van der Waals surface area contributed by atoms with Crippen LogP contribution in [0.4, 0.5) is 5.82 Å². The maximum atomic E-state index is 11.0. The van der Waals surface area contributed by atoms with Gasteiger partial charge in [-0.2, -0.15) is 0 Å². The average Bonchev–Trinajstić information content (AvgIpc) is 3.17. The smallest absolute Gasteiger partial charge is 0.337 e. The monoisotopic (exact) mass is 309 g/mol. The Balaban J connectivity index is 1.82. The maximum Gasteiger partial charge on any atom is 0.337 e. The third-order valence-electron chi connectivity index (χ3n) is 4.59. The molecule has 0 radical (unpaired) electrons. The fourth-order valence-corrected chi connectivity index (χ4v) is 3.58. The molecule has 1 aliphatic carbocycles. The molecule has 1 aromatic heterocycles. The van der Waals surface area contributed by atoms with Gasteiger partial charge in [0.05, 0.1) is 10.6 Å². The molecular weight excluding hydrogens is 290 g/mol. The Morgan fingerprint density at radius 2 is 2.14 bits per heavy atom. The predicted octanol–water partition coefficient (Wildman–Crippen LogP) is 2.21. The lowest BCUT2D eigenvalue weighted by Crippen LogP contribution is -2.36. The van der Waals surface area contributed by atoms with Gasteiger partial charge in [0.15, 0.2) is 0 Å². The van der Waals surface area contributed by atoms with Crippen LogP contribution in [-0.2, 0) is 0 Å². The summed E-state index contributed by atoms with van der Waals surface area (Å²) in [5.41, 5.74) is 0.130. The van der Waals surface area contributed by atoms with Crippen molar-refractivity contribution in [3.05, 3.63) is 22.8 Å². The van der Waals surface area contributed by atoms with E-state index in [9.17, 15) is 4.79 Å². The molecule has 2 atom stereocenters. The Labute approximate surface area is 129 Å². The van der Waals surface area contributed by atoms with Crippen LogP contribution >= 0.6 is 11.6 Å². The molecule has 5 nitrogen and oxygen atoms in total. The Morgan fingerprint density at radius 1 is 1.43 bits per heavy atom. The minimum absolute atomic E-state index is 0.130. The van der Waals surface area contributed by atoms with E-state index in [1.807, 2.05) is 0 Å². The standard InChI is InChI=1S/C15H20ClN3O2/c1-18(2)13-8-19(7-11(13)9-3-4-9)14-12(16)5-10(6-17-14)15(20)21/h5-6,9,11,13H,3-4,7-8H2,1-2H3,(H,20,21)/t11-,13+/m0/s1. The van der Waals surface area contributed by atoms with Gasteiger partial charge < -0.3 is 14.9 Å². The SMILES string of the molecule is CN(C)[C@@H]1CN(c2ncc(C(=O)O)cc2Cl)C[C@H]1C1CC1.